The number of ether oxygens (including phenoxy) is 1. The molecule has 0 spiro atoms. The van der Waals surface area contributed by atoms with E-state index in [1.54, 1.807) is 17.1 Å². The van der Waals surface area contributed by atoms with Crippen LogP contribution in [0.4, 0.5) is 11.8 Å². The van der Waals surface area contributed by atoms with E-state index in [9.17, 15) is 15.3 Å². The van der Waals surface area contributed by atoms with Gasteiger partial charge in [0.2, 0.25) is 5.95 Å². The number of rotatable bonds is 11. The molecule has 0 bridgehead atoms. The van der Waals surface area contributed by atoms with E-state index in [1.165, 1.54) is 6.33 Å². The van der Waals surface area contributed by atoms with Crippen molar-refractivity contribution in [2.24, 2.45) is 0 Å². The van der Waals surface area contributed by atoms with Crippen LogP contribution in [-0.4, -0.2) is 82.4 Å². The SMILES string of the molecule is OC[C@H]1O[C@@H](n2cnc3c(NCC(c4ccccc4)c4ccccc4)nc(NCCn4ccnc4)nc32)[C@H](O)[C@@H]1O. The molecule has 4 atom stereocenters. The van der Waals surface area contributed by atoms with Crippen molar-refractivity contribution in [2.45, 2.75) is 37.0 Å². The van der Waals surface area contributed by atoms with Crippen molar-refractivity contribution in [3.8, 4) is 0 Å². The molecule has 2 aromatic carbocycles. The summed E-state index contributed by atoms with van der Waals surface area (Å²) < 4.78 is 9.28. The first-order valence-corrected chi connectivity index (χ1v) is 13.5. The number of hydrogen-bond acceptors (Lipinski definition) is 10. The molecule has 1 aliphatic rings. The second-order valence-electron chi connectivity index (χ2n) is 9.93. The molecule has 0 radical (unpaired) electrons. The highest BCUT2D eigenvalue weighted by atomic mass is 16.6. The molecule has 212 valence electrons. The zero-order valence-electron chi connectivity index (χ0n) is 22.2. The fourth-order valence-corrected chi connectivity index (χ4v) is 5.13. The lowest BCUT2D eigenvalue weighted by Gasteiger charge is -2.20. The van der Waals surface area contributed by atoms with Gasteiger partial charge in [-0.2, -0.15) is 9.97 Å². The Balaban J connectivity index is 1.33. The monoisotopic (exact) mass is 556 g/mol. The zero-order valence-corrected chi connectivity index (χ0v) is 22.2. The summed E-state index contributed by atoms with van der Waals surface area (Å²) in [5.41, 5.74) is 3.22. The summed E-state index contributed by atoms with van der Waals surface area (Å²) in [6.45, 7) is 1.31. The summed E-state index contributed by atoms with van der Waals surface area (Å²) in [5, 5.41) is 37.4. The van der Waals surface area contributed by atoms with Gasteiger partial charge in [-0.25, -0.2) is 9.97 Å². The Hall–Kier alpha value is -4.36. The quantitative estimate of drug-likeness (QED) is 0.163. The molecule has 6 rings (SSSR count). The number of aromatic nitrogens is 6. The van der Waals surface area contributed by atoms with Gasteiger partial charge >= 0.3 is 0 Å². The van der Waals surface area contributed by atoms with Crippen LogP contribution < -0.4 is 10.6 Å². The van der Waals surface area contributed by atoms with Crippen molar-refractivity contribution in [1.82, 2.24) is 29.1 Å². The maximum atomic E-state index is 10.7. The summed E-state index contributed by atoms with van der Waals surface area (Å²) in [6.07, 6.45) is 2.44. The van der Waals surface area contributed by atoms with Crippen LogP contribution in [0.15, 0.2) is 85.7 Å². The maximum absolute atomic E-state index is 10.7. The van der Waals surface area contributed by atoms with E-state index < -0.39 is 31.1 Å². The highest BCUT2D eigenvalue weighted by Crippen LogP contribution is 2.33. The van der Waals surface area contributed by atoms with Crippen LogP contribution in [0, 0.1) is 0 Å². The largest absolute Gasteiger partial charge is 0.394 e. The van der Waals surface area contributed by atoms with E-state index in [0.29, 0.717) is 42.6 Å². The van der Waals surface area contributed by atoms with E-state index >= 15 is 0 Å². The molecule has 5 N–H and O–H groups in total. The Morgan fingerprint density at radius 2 is 1.63 bits per heavy atom. The van der Waals surface area contributed by atoms with Crippen LogP contribution in [0.2, 0.25) is 0 Å². The third kappa shape index (κ3) is 5.63. The Morgan fingerprint density at radius 3 is 2.27 bits per heavy atom. The number of aliphatic hydroxyl groups excluding tert-OH is 3. The second kappa shape index (κ2) is 12.0. The van der Waals surface area contributed by atoms with E-state index in [-0.39, 0.29) is 5.92 Å². The molecule has 4 heterocycles. The normalized spacial score (nSPS) is 20.6. The summed E-state index contributed by atoms with van der Waals surface area (Å²) in [5.74, 6) is 0.926. The van der Waals surface area contributed by atoms with E-state index in [0.717, 1.165) is 11.1 Å². The topological polar surface area (TPSA) is 155 Å². The summed E-state index contributed by atoms with van der Waals surface area (Å²) in [4.78, 5) is 18.1. The average molecular weight is 557 g/mol. The number of hydrogen-bond donors (Lipinski definition) is 5. The predicted octanol–water partition coefficient (Wildman–Crippen LogP) is 1.99. The van der Waals surface area contributed by atoms with Gasteiger partial charge < -0.3 is 35.3 Å². The van der Waals surface area contributed by atoms with E-state index in [2.05, 4.69) is 44.9 Å². The lowest BCUT2D eigenvalue weighted by molar-refractivity contribution is -0.0511. The number of nitrogens with one attached hydrogen (secondary N) is 2. The molecule has 5 aromatic rings. The minimum absolute atomic E-state index is 0.0441. The lowest BCUT2D eigenvalue weighted by atomic mass is 9.91. The van der Waals surface area contributed by atoms with Gasteiger partial charge in [0.05, 0.1) is 19.3 Å². The molecule has 41 heavy (non-hydrogen) atoms. The smallest absolute Gasteiger partial charge is 0.226 e. The van der Waals surface area contributed by atoms with Crippen LogP contribution in [0.3, 0.4) is 0 Å². The van der Waals surface area contributed by atoms with Gasteiger partial charge in [-0.3, -0.25) is 4.57 Å². The van der Waals surface area contributed by atoms with Gasteiger partial charge in [0.25, 0.3) is 0 Å². The maximum Gasteiger partial charge on any atom is 0.226 e. The van der Waals surface area contributed by atoms with Crippen LogP contribution >= 0.6 is 0 Å². The minimum atomic E-state index is -1.27. The molecule has 3 aromatic heterocycles. The van der Waals surface area contributed by atoms with Crippen molar-refractivity contribution in [3.05, 3.63) is 96.8 Å². The van der Waals surface area contributed by atoms with Gasteiger partial charge in [-0.15, -0.1) is 0 Å². The van der Waals surface area contributed by atoms with Crippen molar-refractivity contribution in [3.63, 3.8) is 0 Å². The van der Waals surface area contributed by atoms with Crippen molar-refractivity contribution < 1.29 is 20.1 Å². The number of nitrogens with zero attached hydrogens (tertiary/aromatic N) is 6. The number of anilines is 2. The second-order valence-corrected chi connectivity index (χ2v) is 9.93. The van der Waals surface area contributed by atoms with Gasteiger partial charge in [0.15, 0.2) is 23.2 Å². The molecule has 1 saturated heterocycles. The van der Waals surface area contributed by atoms with Gasteiger partial charge in [-0.1, -0.05) is 60.7 Å². The third-order valence-corrected chi connectivity index (χ3v) is 7.30. The summed E-state index contributed by atoms with van der Waals surface area (Å²) in [7, 11) is 0. The first-order chi connectivity index (χ1) is 20.1. The Bertz CT molecular complexity index is 1510. The van der Waals surface area contributed by atoms with E-state index in [4.69, 9.17) is 14.7 Å². The number of benzene rings is 2. The Morgan fingerprint density at radius 1 is 0.902 bits per heavy atom. The zero-order chi connectivity index (χ0) is 28.2. The molecule has 0 saturated carbocycles. The van der Waals surface area contributed by atoms with E-state index in [1.807, 2.05) is 47.2 Å². The Labute approximate surface area is 236 Å². The molecule has 0 amide bonds. The predicted molar refractivity (Wildman–Crippen MR) is 152 cm³/mol. The molecular weight excluding hydrogens is 524 g/mol. The lowest BCUT2D eigenvalue weighted by Crippen LogP contribution is -2.33. The van der Waals surface area contributed by atoms with Gasteiger partial charge in [0, 0.05) is 37.9 Å². The molecule has 1 fully saturated rings. The number of imidazole rings is 2. The molecule has 0 unspecified atom stereocenters. The first kappa shape index (κ1) is 26.8. The molecular formula is C29H32N8O4. The highest BCUT2D eigenvalue weighted by molar-refractivity contribution is 5.84. The minimum Gasteiger partial charge on any atom is -0.394 e. The van der Waals surface area contributed by atoms with Gasteiger partial charge in [0.1, 0.15) is 18.3 Å². The molecule has 1 aliphatic heterocycles. The summed E-state index contributed by atoms with van der Waals surface area (Å²) in [6, 6.07) is 20.5. The molecule has 0 aliphatic carbocycles. The average Bonchev–Trinajstić information content (AvgIpc) is 3.74. The third-order valence-electron chi connectivity index (χ3n) is 7.30. The summed E-state index contributed by atoms with van der Waals surface area (Å²) >= 11 is 0. The first-order valence-electron chi connectivity index (χ1n) is 13.5. The van der Waals surface area contributed by atoms with Crippen LogP contribution in [0.5, 0.6) is 0 Å². The fourth-order valence-electron chi connectivity index (χ4n) is 5.13. The van der Waals surface area contributed by atoms with Crippen molar-refractivity contribution in [1.29, 1.82) is 0 Å². The van der Waals surface area contributed by atoms with Crippen LogP contribution in [0.25, 0.3) is 11.2 Å². The van der Waals surface area contributed by atoms with Crippen LogP contribution in [-0.2, 0) is 11.3 Å². The number of aliphatic hydroxyl groups is 3. The fraction of sp³-hybridized carbons (Fsp3) is 0.310. The van der Waals surface area contributed by atoms with Crippen LogP contribution in [0.1, 0.15) is 23.3 Å². The Kier molecular flexibility index (Phi) is 7.87. The van der Waals surface area contributed by atoms with Gasteiger partial charge in [-0.05, 0) is 11.1 Å². The standard InChI is InChI=1S/C29H32N8O4/c38-16-22-24(39)25(40)28(41-22)37-18-33-23-26(34-29(35-27(23)37)31-12-14-36-13-11-30-17-36)32-15-21(19-7-3-1-4-8-19)20-9-5-2-6-10-20/h1-11,13,17-18,21-22,24-25,28,38-40H,12,14-16H2,(H2,31,32,34,35)/t22-,24-,25-,28-/m1/s1. The molecule has 12 nitrogen and oxygen atoms in total. The molecule has 12 heteroatoms. The number of fused-ring (bicyclic) bond motifs is 1. The van der Waals surface area contributed by atoms with Crippen molar-refractivity contribution in [2.75, 3.05) is 30.3 Å². The highest BCUT2D eigenvalue weighted by Gasteiger charge is 2.44. The van der Waals surface area contributed by atoms with Crippen molar-refractivity contribution >= 4 is 22.9 Å².